The van der Waals surface area contributed by atoms with Crippen molar-refractivity contribution in [1.29, 1.82) is 0 Å². The molecule has 0 bridgehead atoms. The van der Waals surface area contributed by atoms with Crippen molar-refractivity contribution >= 4 is 17.7 Å². The molecule has 0 unspecified atom stereocenters. The first-order valence-corrected chi connectivity index (χ1v) is 10.8. The van der Waals surface area contributed by atoms with Crippen LogP contribution in [-0.4, -0.2) is 11.7 Å². The van der Waals surface area contributed by atoms with E-state index < -0.39 is 11.6 Å². The van der Waals surface area contributed by atoms with Crippen LogP contribution >= 0.6 is 11.8 Å². The Labute approximate surface area is 163 Å². The Morgan fingerprint density at radius 3 is 2.19 bits per heavy atom. The lowest BCUT2D eigenvalue weighted by Crippen LogP contribution is -2.29. The molecule has 0 atom stereocenters. The summed E-state index contributed by atoms with van der Waals surface area (Å²) in [5, 5.41) is 0. The summed E-state index contributed by atoms with van der Waals surface area (Å²) in [6.45, 7) is 2.32. The Morgan fingerprint density at radius 2 is 1.63 bits per heavy atom. The van der Waals surface area contributed by atoms with Crippen LogP contribution < -0.4 is 4.74 Å². The summed E-state index contributed by atoms with van der Waals surface area (Å²) >= 11 is 0.146. The van der Waals surface area contributed by atoms with Crippen molar-refractivity contribution in [1.82, 2.24) is 0 Å². The van der Waals surface area contributed by atoms with E-state index in [-0.39, 0.29) is 34.3 Å². The van der Waals surface area contributed by atoms with Crippen LogP contribution in [0.25, 0.3) is 0 Å². The van der Waals surface area contributed by atoms with Crippen LogP contribution in [0.15, 0.2) is 23.1 Å². The topological polar surface area (TPSA) is 26.3 Å². The Kier molecular flexibility index (Phi) is 7.12. The summed E-state index contributed by atoms with van der Waals surface area (Å²) in [6, 6.07) is 3.62. The highest BCUT2D eigenvalue weighted by molar-refractivity contribution is 7.99. The summed E-state index contributed by atoms with van der Waals surface area (Å²) in [4.78, 5) is 12.3. The van der Waals surface area contributed by atoms with Gasteiger partial charge in [-0.2, -0.15) is 8.78 Å². The molecule has 0 saturated heterocycles. The molecule has 2 aliphatic carbocycles. The van der Waals surface area contributed by atoms with Crippen molar-refractivity contribution in [3.63, 3.8) is 0 Å². The molecular formula is C21H27F3O2S. The first kappa shape index (κ1) is 20.6. The summed E-state index contributed by atoms with van der Waals surface area (Å²) in [6.07, 6.45) is 8.99. The first-order chi connectivity index (χ1) is 12.9. The number of hydrogen-bond acceptors (Lipinski definition) is 3. The van der Waals surface area contributed by atoms with Gasteiger partial charge in [-0.3, -0.25) is 4.79 Å². The van der Waals surface area contributed by atoms with Gasteiger partial charge in [0.05, 0.1) is 5.92 Å². The SMILES string of the molecule is CC1CCC(C2CCC(C(=O)Oc3ccc(SC(F)F)c(F)c3)CC2)CC1. The fraction of sp³-hybridized carbons (Fsp3) is 0.667. The third kappa shape index (κ3) is 5.66. The number of hydrogen-bond donors (Lipinski definition) is 0. The lowest BCUT2D eigenvalue weighted by Gasteiger charge is -2.36. The summed E-state index contributed by atoms with van der Waals surface area (Å²) in [7, 11) is 0. The number of esters is 1. The smallest absolute Gasteiger partial charge is 0.314 e. The van der Waals surface area contributed by atoms with Gasteiger partial charge in [0.1, 0.15) is 11.6 Å². The molecule has 0 heterocycles. The lowest BCUT2D eigenvalue weighted by atomic mass is 9.69. The zero-order valence-electron chi connectivity index (χ0n) is 15.6. The van der Waals surface area contributed by atoms with Gasteiger partial charge in [-0.25, -0.2) is 4.39 Å². The molecule has 0 radical (unpaired) electrons. The van der Waals surface area contributed by atoms with Crippen molar-refractivity contribution < 1.29 is 22.7 Å². The van der Waals surface area contributed by atoms with E-state index in [0.717, 1.165) is 43.6 Å². The average Bonchev–Trinajstić information content (AvgIpc) is 2.64. The highest BCUT2D eigenvalue weighted by atomic mass is 32.2. The maximum atomic E-state index is 13.8. The number of ether oxygens (including phenoxy) is 1. The van der Waals surface area contributed by atoms with Crippen LogP contribution in [0.4, 0.5) is 13.2 Å². The minimum atomic E-state index is -2.68. The van der Waals surface area contributed by atoms with E-state index in [1.165, 1.54) is 37.8 Å². The van der Waals surface area contributed by atoms with E-state index in [1.807, 2.05) is 0 Å². The summed E-state index contributed by atoms with van der Waals surface area (Å²) in [5.74, 6) is -1.52. The van der Waals surface area contributed by atoms with Gasteiger partial charge in [0.25, 0.3) is 5.76 Å². The predicted octanol–water partition coefficient (Wildman–Crippen LogP) is 6.68. The average molecular weight is 401 g/mol. The van der Waals surface area contributed by atoms with Gasteiger partial charge in [-0.15, -0.1) is 0 Å². The quantitative estimate of drug-likeness (QED) is 0.313. The Bertz CT molecular complexity index is 636. The Balaban J connectivity index is 1.49. The van der Waals surface area contributed by atoms with E-state index in [1.54, 1.807) is 0 Å². The van der Waals surface area contributed by atoms with Gasteiger partial charge in [0, 0.05) is 11.0 Å². The number of thioether (sulfide) groups is 1. The van der Waals surface area contributed by atoms with Crippen molar-refractivity contribution in [2.24, 2.45) is 23.7 Å². The zero-order valence-corrected chi connectivity index (χ0v) is 16.5. The molecule has 2 nitrogen and oxygen atoms in total. The van der Waals surface area contributed by atoms with E-state index in [4.69, 9.17) is 4.74 Å². The third-order valence-corrected chi connectivity index (χ3v) is 6.93. The van der Waals surface area contributed by atoms with Crippen molar-refractivity contribution in [2.75, 3.05) is 0 Å². The molecule has 1 aromatic rings. The molecule has 0 N–H and O–H groups in total. The van der Waals surface area contributed by atoms with Crippen molar-refractivity contribution in [2.45, 2.75) is 68.9 Å². The molecule has 2 saturated carbocycles. The maximum Gasteiger partial charge on any atom is 0.314 e. The zero-order chi connectivity index (χ0) is 19.4. The van der Waals surface area contributed by atoms with Crippen LogP contribution in [0.3, 0.4) is 0 Å². The summed E-state index contributed by atoms with van der Waals surface area (Å²) < 4.78 is 43.9. The highest BCUT2D eigenvalue weighted by Crippen LogP contribution is 2.41. The molecule has 3 rings (SSSR count). The molecule has 27 heavy (non-hydrogen) atoms. The normalized spacial score (nSPS) is 28.9. The maximum absolute atomic E-state index is 13.8. The largest absolute Gasteiger partial charge is 0.426 e. The minimum absolute atomic E-state index is 0.0829. The second kappa shape index (κ2) is 9.35. The van der Waals surface area contributed by atoms with Crippen LogP contribution in [0.1, 0.15) is 58.3 Å². The molecular weight excluding hydrogens is 373 g/mol. The van der Waals surface area contributed by atoms with E-state index in [9.17, 15) is 18.0 Å². The van der Waals surface area contributed by atoms with Crippen molar-refractivity contribution in [3.8, 4) is 5.75 Å². The van der Waals surface area contributed by atoms with Gasteiger partial charge < -0.3 is 4.74 Å². The molecule has 0 amide bonds. The molecule has 150 valence electrons. The standard InChI is InChI=1S/C21H27F3O2S/c1-13-2-4-14(5-3-13)15-6-8-16(9-7-15)20(25)26-17-10-11-19(18(22)12-17)27-21(23)24/h10-16,21H,2-9H2,1H3. The number of rotatable bonds is 5. The fourth-order valence-electron chi connectivity index (χ4n) is 4.52. The van der Waals surface area contributed by atoms with Gasteiger partial charge in [0.15, 0.2) is 0 Å². The van der Waals surface area contributed by atoms with Crippen LogP contribution in [0, 0.1) is 29.5 Å². The van der Waals surface area contributed by atoms with E-state index in [0.29, 0.717) is 5.92 Å². The van der Waals surface area contributed by atoms with E-state index in [2.05, 4.69) is 6.92 Å². The van der Waals surface area contributed by atoms with Crippen LogP contribution in [-0.2, 0) is 4.79 Å². The molecule has 2 aliphatic rings. The number of benzene rings is 1. The first-order valence-electron chi connectivity index (χ1n) is 9.88. The van der Waals surface area contributed by atoms with Gasteiger partial charge >= 0.3 is 5.97 Å². The van der Waals surface area contributed by atoms with Gasteiger partial charge in [-0.1, -0.05) is 31.5 Å². The molecule has 0 aliphatic heterocycles. The predicted molar refractivity (Wildman–Crippen MR) is 100 cm³/mol. The molecule has 1 aromatic carbocycles. The minimum Gasteiger partial charge on any atom is -0.426 e. The van der Waals surface area contributed by atoms with Crippen molar-refractivity contribution in [3.05, 3.63) is 24.0 Å². The van der Waals surface area contributed by atoms with Crippen LogP contribution in [0.2, 0.25) is 0 Å². The monoisotopic (exact) mass is 400 g/mol. The van der Waals surface area contributed by atoms with E-state index >= 15 is 0 Å². The number of carbonyl (C=O) groups is 1. The summed E-state index contributed by atoms with van der Waals surface area (Å²) in [5.41, 5.74) is 0. The van der Waals surface area contributed by atoms with Crippen LogP contribution in [0.5, 0.6) is 5.75 Å². The Hall–Kier alpha value is -1.17. The Morgan fingerprint density at radius 1 is 1.04 bits per heavy atom. The fourth-order valence-corrected chi connectivity index (χ4v) is 5.03. The lowest BCUT2D eigenvalue weighted by molar-refractivity contribution is -0.140. The number of alkyl halides is 2. The molecule has 2 fully saturated rings. The second-order valence-corrected chi connectivity index (χ2v) is 9.06. The number of carbonyl (C=O) groups excluding carboxylic acids is 1. The third-order valence-electron chi connectivity index (χ3n) is 6.17. The van der Waals surface area contributed by atoms with Gasteiger partial charge in [0.2, 0.25) is 0 Å². The van der Waals surface area contributed by atoms with Gasteiger partial charge in [-0.05, 0) is 68.4 Å². The molecule has 6 heteroatoms. The molecule has 0 aromatic heterocycles. The highest BCUT2D eigenvalue weighted by Gasteiger charge is 2.33. The number of halogens is 3. The molecule has 0 spiro atoms. The second-order valence-electron chi connectivity index (χ2n) is 8.02.